The molecule has 0 aliphatic carbocycles. The monoisotopic (exact) mass is 210 g/mol. The van der Waals surface area contributed by atoms with Crippen LogP contribution in [0.5, 0.6) is 0 Å². The van der Waals surface area contributed by atoms with Crippen molar-refractivity contribution in [2.24, 2.45) is 5.92 Å². The van der Waals surface area contributed by atoms with Crippen molar-refractivity contribution < 1.29 is 4.79 Å². The van der Waals surface area contributed by atoms with Gasteiger partial charge in [-0.1, -0.05) is 20.4 Å². The summed E-state index contributed by atoms with van der Waals surface area (Å²) in [6.45, 7) is 12.7. The van der Waals surface area contributed by atoms with Gasteiger partial charge in [-0.2, -0.15) is 0 Å². The smallest absolute Gasteiger partial charge is 0.162 e. The molecule has 1 heterocycles. The molecule has 0 N–H and O–H groups in total. The van der Waals surface area contributed by atoms with Crippen LogP contribution in [0.2, 0.25) is 0 Å². The molecular weight excluding hydrogens is 188 g/mol. The van der Waals surface area contributed by atoms with Gasteiger partial charge in [0, 0.05) is 44.2 Å². The molecular formula is C12H22N2O. The van der Waals surface area contributed by atoms with Crippen LogP contribution in [-0.4, -0.2) is 55.4 Å². The molecule has 1 rings (SSSR count). The minimum atomic E-state index is 0.0740. The molecule has 0 saturated carbocycles. The van der Waals surface area contributed by atoms with E-state index in [-0.39, 0.29) is 11.7 Å². The zero-order valence-electron chi connectivity index (χ0n) is 10.1. The Kier molecular flexibility index (Phi) is 4.48. The highest BCUT2D eigenvalue weighted by Gasteiger charge is 2.18. The third-order valence-corrected chi connectivity index (χ3v) is 2.88. The Morgan fingerprint density at radius 2 is 1.80 bits per heavy atom. The van der Waals surface area contributed by atoms with E-state index in [2.05, 4.69) is 23.4 Å². The standard InChI is InChI=1S/C12H22N2O/c1-10(2)12(15)11(3)9-14-7-5-13(4)6-8-14/h10H,3,5-9H2,1-2,4H3. The molecule has 0 atom stereocenters. The third kappa shape index (κ3) is 3.76. The lowest BCUT2D eigenvalue weighted by Gasteiger charge is -2.32. The molecule has 3 heteroatoms. The topological polar surface area (TPSA) is 23.6 Å². The highest BCUT2D eigenvalue weighted by Crippen LogP contribution is 2.08. The first kappa shape index (κ1) is 12.4. The van der Waals surface area contributed by atoms with Crippen LogP contribution in [0.4, 0.5) is 0 Å². The summed E-state index contributed by atoms with van der Waals surface area (Å²) in [6.07, 6.45) is 0. The molecule has 0 aromatic rings. The predicted octanol–water partition coefficient (Wildman–Crippen LogP) is 1.02. The molecule has 0 unspecified atom stereocenters. The lowest BCUT2D eigenvalue weighted by molar-refractivity contribution is -0.118. The number of ketones is 1. The van der Waals surface area contributed by atoms with Crippen LogP contribution in [0.15, 0.2) is 12.2 Å². The number of hydrogen-bond acceptors (Lipinski definition) is 3. The van der Waals surface area contributed by atoms with Gasteiger partial charge in [0.05, 0.1) is 0 Å². The third-order valence-electron chi connectivity index (χ3n) is 2.88. The van der Waals surface area contributed by atoms with Gasteiger partial charge in [-0.15, -0.1) is 0 Å². The number of rotatable bonds is 4. The molecule has 0 radical (unpaired) electrons. The van der Waals surface area contributed by atoms with Crippen LogP contribution in [-0.2, 0) is 4.79 Å². The molecule has 86 valence electrons. The minimum Gasteiger partial charge on any atom is -0.304 e. The van der Waals surface area contributed by atoms with Gasteiger partial charge in [-0.3, -0.25) is 9.69 Å². The van der Waals surface area contributed by atoms with Crippen molar-refractivity contribution in [3.63, 3.8) is 0 Å². The molecule has 0 amide bonds. The Balaban J connectivity index is 2.35. The minimum absolute atomic E-state index is 0.0740. The maximum atomic E-state index is 11.6. The molecule has 1 aliphatic rings. The van der Waals surface area contributed by atoms with Gasteiger partial charge in [0.25, 0.3) is 0 Å². The van der Waals surface area contributed by atoms with E-state index in [4.69, 9.17) is 0 Å². The lowest BCUT2D eigenvalue weighted by Crippen LogP contribution is -2.45. The summed E-state index contributed by atoms with van der Waals surface area (Å²) in [7, 11) is 2.13. The molecule has 0 aromatic carbocycles. The van der Waals surface area contributed by atoms with Crippen LogP contribution < -0.4 is 0 Å². The Morgan fingerprint density at radius 1 is 1.27 bits per heavy atom. The summed E-state index contributed by atoms with van der Waals surface area (Å²) in [4.78, 5) is 16.3. The zero-order chi connectivity index (χ0) is 11.4. The summed E-state index contributed by atoms with van der Waals surface area (Å²) in [5, 5.41) is 0. The second-order valence-corrected chi connectivity index (χ2v) is 4.70. The van der Waals surface area contributed by atoms with Gasteiger partial charge in [0.15, 0.2) is 5.78 Å². The van der Waals surface area contributed by atoms with Crippen LogP contribution in [0, 0.1) is 5.92 Å². The number of carbonyl (C=O) groups excluding carboxylic acids is 1. The number of carbonyl (C=O) groups is 1. The Morgan fingerprint density at radius 3 is 2.27 bits per heavy atom. The average molecular weight is 210 g/mol. The Labute approximate surface area is 92.7 Å². The van der Waals surface area contributed by atoms with Crippen molar-refractivity contribution in [3.05, 3.63) is 12.2 Å². The number of likely N-dealkylation sites (N-methyl/N-ethyl adjacent to an activating group) is 1. The second-order valence-electron chi connectivity index (χ2n) is 4.70. The lowest BCUT2D eigenvalue weighted by atomic mass is 10.0. The summed E-state index contributed by atoms with van der Waals surface area (Å²) < 4.78 is 0. The van der Waals surface area contributed by atoms with Gasteiger partial charge in [-0.05, 0) is 7.05 Å². The predicted molar refractivity (Wildman–Crippen MR) is 62.9 cm³/mol. The summed E-state index contributed by atoms with van der Waals surface area (Å²) in [5.74, 6) is 0.277. The SMILES string of the molecule is C=C(CN1CCN(C)CC1)C(=O)C(C)C. The van der Waals surface area contributed by atoms with Gasteiger partial charge in [-0.25, -0.2) is 0 Å². The van der Waals surface area contributed by atoms with Crippen molar-refractivity contribution in [2.45, 2.75) is 13.8 Å². The van der Waals surface area contributed by atoms with Gasteiger partial charge < -0.3 is 4.90 Å². The first-order valence-electron chi connectivity index (χ1n) is 5.63. The van der Waals surface area contributed by atoms with Crippen LogP contribution in [0.1, 0.15) is 13.8 Å². The summed E-state index contributed by atoms with van der Waals surface area (Å²) in [6, 6.07) is 0. The summed E-state index contributed by atoms with van der Waals surface area (Å²) >= 11 is 0. The van der Waals surface area contributed by atoms with E-state index < -0.39 is 0 Å². The molecule has 15 heavy (non-hydrogen) atoms. The zero-order valence-corrected chi connectivity index (χ0v) is 10.1. The Hall–Kier alpha value is -0.670. The number of nitrogens with zero attached hydrogens (tertiary/aromatic N) is 2. The highest BCUT2D eigenvalue weighted by molar-refractivity contribution is 5.96. The first-order chi connectivity index (χ1) is 7.00. The van der Waals surface area contributed by atoms with Crippen molar-refractivity contribution in [1.29, 1.82) is 0 Å². The number of hydrogen-bond donors (Lipinski definition) is 0. The molecule has 0 spiro atoms. The van der Waals surface area contributed by atoms with E-state index in [1.54, 1.807) is 0 Å². The van der Waals surface area contributed by atoms with Crippen LogP contribution in [0.3, 0.4) is 0 Å². The first-order valence-corrected chi connectivity index (χ1v) is 5.63. The van der Waals surface area contributed by atoms with Crippen molar-refractivity contribution in [2.75, 3.05) is 39.8 Å². The van der Waals surface area contributed by atoms with Crippen molar-refractivity contribution in [3.8, 4) is 0 Å². The van der Waals surface area contributed by atoms with Crippen LogP contribution >= 0.6 is 0 Å². The largest absolute Gasteiger partial charge is 0.304 e. The number of Topliss-reactive ketones (excluding diaryl/α,β-unsaturated/α-hetero) is 1. The second kappa shape index (κ2) is 5.42. The summed E-state index contributed by atoms with van der Waals surface area (Å²) in [5.41, 5.74) is 0.759. The maximum Gasteiger partial charge on any atom is 0.162 e. The fraction of sp³-hybridized carbons (Fsp3) is 0.750. The van der Waals surface area contributed by atoms with E-state index >= 15 is 0 Å². The van der Waals surface area contributed by atoms with E-state index in [1.165, 1.54) is 0 Å². The van der Waals surface area contributed by atoms with E-state index in [9.17, 15) is 4.79 Å². The molecule has 0 bridgehead atoms. The normalized spacial score (nSPS) is 19.5. The van der Waals surface area contributed by atoms with E-state index in [0.717, 1.165) is 38.3 Å². The fourth-order valence-corrected chi connectivity index (χ4v) is 1.76. The number of piperazine rings is 1. The average Bonchev–Trinajstić information content (AvgIpc) is 2.20. The van der Waals surface area contributed by atoms with Crippen LogP contribution in [0.25, 0.3) is 0 Å². The van der Waals surface area contributed by atoms with Crippen molar-refractivity contribution in [1.82, 2.24) is 9.80 Å². The molecule has 1 fully saturated rings. The van der Waals surface area contributed by atoms with Gasteiger partial charge >= 0.3 is 0 Å². The molecule has 1 aliphatic heterocycles. The highest BCUT2D eigenvalue weighted by atomic mass is 16.1. The maximum absolute atomic E-state index is 11.6. The fourth-order valence-electron chi connectivity index (χ4n) is 1.76. The molecule has 1 saturated heterocycles. The molecule has 0 aromatic heterocycles. The van der Waals surface area contributed by atoms with E-state index in [0.29, 0.717) is 0 Å². The quantitative estimate of drug-likeness (QED) is 0.647. The molecule has 3 nitrogen and oxygen atoms in total. The van der Waals surface area contributed by atoms with E-state index in [1.807, 2.05) is 13.8 Å². The van der Waals surface area contributed by atoms with Gasteiger partial charge in [0.1, 0.15) is 0 Å². The Bertz CT molecular complexity index is 240. The van der Waals surface area contributed by atoms with Gasteiger partial charge in [0.2, 0.25) is 0 Å². The van der Waals surface area contributed by atoms with Crippen molar-refractivity contribution >= 4 is 5.78 Å².